The zero-order valence-electron chi connectivity index (χ0n) is 14.2. The molecule has 1 atom stereocenters. The van der Waals surface area contributed by atoms with Gasteiger partial charge in [0.1, 0.15) is 17.3 Å². The molecule has 2 aromatic carbocycles. The molecule has 0 amide bonds. The molecule has 0 bridgehead atoms. The first-order chi connectivity index (χ1) is 12.9. The van der Waals surface area contributed by atoms with E-state index in [0.29, 0.717) is 22.5 Å². The predicted molar refractivity (Wildman–Crippen MR) is 94.3 cm³/mol. The van der Waals surface area contributed by atoms with Crippen LogP contribution in [0.25, 0.3) is 22.6 Å². The minimum atomic E-state index is -4.30. The maximum atomic E-state index is 13.3. The summed E-state index contributed by atoms with van der Waals surface area (Å²) in [6.07, 6.45) is -4.14. The zero-order valence-corrected chi connectivity index (χ0v) is 14.2. The van der Waals surface area contributed by atoms with E-state index in [1.54, 1.807) is 36.4 Å². The van der Waals surface area contributed by atoms with Crippen molar-refractivity contribution in [1.82, 2.24) is 9.55 Å². The summed E-state index contributed by atoms with van der Waals surface area (Å²) in [6, 6.07) is 13.0. The second kappa shape index (κ2) is 6.33. The molecule has 2 N–H and O–H groups in total. The lowest BCUT2D eigenvalue weighted by Crippen LogP contribution is -2.32. The summed E-state index contributed by atoms with van der Waals surface area (Å²) in [5.41, 5.74) is 1.92. The highest BCUT2D eigenvalue weighted by molar-refractivity contribution is 5.74. The van der Waals surface area contributed by atoms with Crippen LogP contribution in [-0.2, 0) is 13.0 Å². The molecular weight excluding hydrogens is 357 g/mol. The first-order valence-electron chi connectivity index (χ1n) is 8.59. The molecular formula is C20H17F3N2O2. The number of halogens is 3. The summed E-state index contributed by atoms with van der Waals surface area (Å²) >= 11 is 0. The number of rotatable bonds is 2. The average Bonchev–Trinajstić information content (AvgIpc) is 3.00. The van der Waals surface area contributed by atoms with Crippen LogP contribution in [0.15, 0.2) is 48.5 Å². The molecule has 0 spiro atoms. The van der Waals surface area contributed by atoms with E-state index in [0.717, 1.165) is 0 Å². The van der Waals surface area contributed by atoms with Crippen LogP contribution in [0.4, 0.5) is 13.2 Å². The number of hydrogen-bond acceptors (Lipinski definition) is 3. The summed E-state index contributed by atoms with van der Waals surface area (Å²) in [5.74, 6) is -1.24. The van der Waals surface area contributed by atoms with Crippen LogP contribution >= 0.6 is 0 Å². The number of alkyl halides is 3. The van der Waals surface area contributed by atoms with Crippen molar-refractivity contribution in [1.29, 1.82) is 0 Å². The van der Waals surface area contributed by atoms with Crippen molar-refractivity contribution in [2.75, 3.05) is 0 Å². The second-order valence-electron chi connectivity index (χ2n) is 6.65. The molecule has 4 rings (SSSR count). The fraction of sp³-hybridized carbons (Fsp3) is 0.250. The van der Waals surface area contributed by atoms with E-state index in [1.807, 2.05) is 0 Å². The number of para-hydroxylation sites is 2. The summed E-state index contributed by atoms with van der Waals surface area (Å²) in [4.78, 5) is 4.55. The Morgan fingerprint density at radius 3 is 2.11 bits per heavy atom. The third kappa shape index (κ3) is 3.03. The Labute approximate surface area is 153 Å². The highest BCUT2D eigenvalue weighted by Gasteiger charge is 2.43. The van der Waals surface area contributed by atoms with Crippen molar-refractivity contribution in [3.8, 4) is 34.1 Å². The van der Waals surface area contributed by atoms with E-state index in [9.17, 15) is 23.4 Å². The van der Waals surface area contributed by atoms with Gasteiger partial charge >= 0.3 is 6.18 Å². The number of phenols is 2. The van der Waals surface area contributed by atoms with Gasteiger partial charge in [-0.1, -0.05) is 24.3 Å². The molecule has 0 fully saturated rings. The number of hydrogen-bond donors (Lipinski definition) is 2. The average molecular weight is 374 g/mol. The Hall–Kier alpha value is -2.96. The van der Waals surface area contributed by atoms with Crippen LogP contribution in [0.2, 0.25) is 0 Å². The quantitative estimate of drug-likeness (QED) is 0.680. The highest BCUT2D eigenvalue weighted by Crippen LogP contribution is 2.42. The van der Waals surface area contributed by atoms with Crippen molar-refractivity contribution >= 4 is 0 Å². The number of benzene rings is 2. The summed E-state index contributed by atoms with van der Waals surface area (Å²) < 4.78 is 41.5. The lowest BCUT2D eigenvalue weighted by atomic mass is 9.95. The Morgan fingerprint density at radius 1 is 0.926 bits per heavy atom. The van der Waals surface area contributed by atoms with Crippen LogP contribution < -0.4 is 0 Å². The molecule has 1 unspecified atom stereocenters. The van der Waals surface area contributed by atoms with Gasteiger partial charge in [0.05, 0.1) is 17.2 Å². The number of nitrogens with zero attached hydrogens (tertiary/aromatic N) is 2. The summed E-state index contributed by atoms with van der Waals surface area (Å²) in [5, 5.41) is 20.4. The van der Waals surface area contributed by atoms with Gasteiger partial charge in [0, 0.05) is 17.8 Å². The van der Waals surface area contributed by atoms with E-state index in [2.05, 4.69) is 4.98 Å². The maximum Gasteiger partial charge on any atom is 0.393 e. The topological polar surface area (TPSA) is 58.3 Å². The molecule has 0 radical (unpaired) electrons. The zero-order chi connectivity index (χ0) is 19.2. The number of phenolic OH excluding ortho intramolecular Hbond substituents is 2. The monoisotopic (exact) mass is 374 g/mol. The molecule has 1 aliphatic heterocycles. The fourth-order valence-corrected chi connectivity index (χ4v) is 3.58. The third-order valence-electron chi connectivity index (χ3n) is 4.97. The first kappa shape index (κ1) is 17.5. The largest absolute Gasteiger partial charge is 0.507 e. The van der Waals surface area contributed by atoms with E-state index in [4.69, 9.17) is 0 Å². The van der Waals surface area contributed by atoms with Crippen molar-refractivity contribution in [2.24, 2.45) is 5.92 Å². The van der Waals surface area contributed by atoms with Gasteiger partial charge in [-0.3, -0.25) is 0 Å². The maximum absolute atomic E-state index is 13.3. The van der Waals surface area contributed by atoms with Crippen LogP contribution in [-0.4, -0.2) is 25.9 Å². The van der Waals surface area contributed by atoms with Crippen LogP contribution in [0.5, 0.6) is 11.5 Å². The molecule has 3 aromatic rings. The SMILES string of the molecule is Oc1ccccc1-c1nc(-c2ccccc2O)n2c1CCC(C(F)(F)F)C2. The number of aromatic hydroxyl groups is 2. The smallest absolute Gasteiger partial charge is 0.393 e. The molecule has 1 aromatic heterocycles. The number of imidazole rings is 1. The summed E-state index contributed by atoms with van der Waals surface area (Å²) in [6.45, 7) is -0.261. The van der Waals surface area contributed by atoms with Gasteiger partial charge in [0.2, 0.25) is 0 Å². The van der Waals surface area contributed by atoms with Crippen molar-refractivity contribution in [3.63, 3.8) is 0 Å². The Morgan fingerprint density at radius 2 is 1.52 bits per heavy atom. The Kier molecular flexibility index (Phi) is 4.09. The van der Waals surface area contributed by atoms with Gasteiger partial charge in [-0.15, -0.1) is 0 Å². The predicted octanol–water partition coefficient (Wildman–Crippen LogP) is 4.75. The third-order valence-corrected chi connectivity index (χ3v) is 4.97. The van der Waals surface area contributed by atoms with Crippen molar-refractivity contribution in [3.05, 3.63) is 54.2 Å². The minimum Gasteiger partial charge on any atom is -0.507 e. The van der Waals surface area contributed by atoms with Gasteiger partial charge < -0.3 is 14.8 Å². The molecule has 0 saturated carbocycles. The standard InChI is InChI=1S/C20H17F3N2O2/c21-20(22,23)12-9-10-15-18(13-5-1-3-7-16(13)26)24-19(25(15)11-12)14-6-2-4-8-17(14)27/h1-8,12,26-27H,9-11H2. The Bertz CT molecular complexity index is 995. The van der Waals surface area contributed by atoms with Crippen LogP contribution in [0.3, 0.4) is 0 Å². The van der Waals surface area contributed by atoms with E-state index in [-0.39, 0.29) is 36.7 Å². The van der Waals surface area contributed by atoms with Gasteiger partial charge in [0.15, 0.2) is 0 Å². The van der Waals surface area contributed by atoms with E-state index < -0.39 is 12.1 Å². The van der Waals surface area contributed by atoms with Crippen molar-refractivity contribution < 1.29 is 23.4 Å². The molecule has 27 heavy (non-hydrogen) atoms. The fourth-order valence-electron chi connectivity index (χ4n) is 3.58. The van der Waals surface area contributed by atoms with Gasteiger partial charge in [0.25, 0.3) is 0 Å². The molecule has 1 aliphatic rings. The van der Waals surface area contributed by atoms with Gasteiger partial charge in [-0.05, 0) is 37.1 Å². The number of fused-ring (bicyclic) bond motifs is 1. The van der Waals surface area contributed by atoms with E-state index in [1.165, 1.54) is 16.7 Å². The van der Waals surface area contributed by atoms with Crippen LogP contribution in [0.1, 0.15) is 12.1 Å². The Balaban J connectivity index is 1.92. The van der Waals surface area contributed by atoms with E-state index >= 15 is 0 Å². The van der Waals surface area contributed by atoms with Gasteiger partial charge in [-0.2, -0.15) is 13.2 Å². The molecule has 0 saturated heterocycles. The minimum absolute atomic E-state index is 0.0141. The number of aromatic nitrogens is 2. The summed E-state index contributed by atoms with van der Waals surface area (Å²) in [7, 11) is 0. The normalized spacial score (nSPS) is 16.9. The highest BCUT2D eigenvalue weighted by atomic mass is 19.4. The molecule has 4 nitrogen and oxygen atoms in total. The lowest BCUT2D eigenvalue weighted by molar-refractivity contribution is -0.181. The lowest BCUT2D eigenvalue weighted by Gasteiger charge is -2.27. The molecule has 2 heterocycles. The first-order valence-corrected chi connectivity index (χ1v) is 8.59. The molecule has 7 heteroatoms. The van der Waals surface area contributed by atoms with Crippen molar-refractivity contribution in [2.45, 2.75) is 25.6 Å². The molecule has 0 aliphatic carbocycles. The van der Waals surface area contributed by atoms with Gasteiger partial charge in [-0.25, -0.2) is 4.98 Å². The molecule has 140 valence electrons. The second-order valence-corrected chi connectivity index (χ2v) is 6.65. The van der Waals surface area contributed by atoms with Crippen LogP contribution in [0, 0.1) is 5.92 Å².